The average Bonchev–Trinajstić information content (AvgIpc) is 2.98. The van der Waals surface area contributed by atoms with Gasteiger partial charge in [0.15, 0.2) is 5.69 Å². The summed E-state index contributed by atoms with van der Waals surface area (Å²) in [5.74, 6) is -0.117. The van der Waals surface area contributed by atoms with E-state index < -0.39 is 16.0 Å². The number of aryl methyl sites for hydroxylation is 1. The van der Waals surface area contributed by atoms with E-state index in [0.29, 0.717) is 16.7 Å². The van der Waals surface area contributed by atoms with E-state index in [0.717, 1.165) is 5.56 Å². The van der Waals surface area contributed by atoms with Crippen molar-refractivity contribution < 1.29 is 22.7 Å². The van der Waals surface area contributed by atoms with Gasteiger partial charge in [0.25, 0.3) is 10.0 Å². The van der Waals surface area contributed by atoms with Crippen LogP contribution in [0.1, 0.15) is 16.1 Å². The number of anilines is 1. The lowest BCUT2D eigenvalue weighted by Crippen LogP contribution is -2.15. The predicted octanol–water partition coefficient (Wildman–Crippen LogP) is 3.07. The van der Waals surface area contributed by atoms with Crippen molar-refractivity contribution in [1.29, 1.82) is 0 Å². The Labute approximate surface area is 151 Å². The van der Waals surface area contributed by atoms with E-state index in [2.05, 4.69) is 9.71 Å². The molecule has 0 fully saturated rings. The Hall–Kier alpha value is -3.00. The third kappa shape index (κ3) is 3.23. The molecule has 3 rings (SSSR count). The van der Waals surface area contributed by atoms with Crippen LogP contribution < -0.4 is 9.46 Å². The first-order valence-electron chi connectivity index (χ1n) is 7.73. The van der Waals surface area contributed by atoms with E-state index in [1.54, 1.807) is 24.3 Å². The first-order valence-corrected chi connectivity index (χ1v) is 9.21. The third-order valence-electron chi connectivity index (χ3n) is 3.95. The van der Waals surface area contributed by atoms with Gasteiger partial charge in [0.1, 0.15) is 5.75 Å². The highest BCUT2D eigenvalue weighted by Gasteiger charge is 2.24. The van der Waals surface area contributed by atoms with Gasteiger partial charge >= 0.3 is 5.97 Å². The monoisotopic (exact) mass is 374 g/mol. The minimum absolute atomic E-state index is 0.0465. The number of fused-ring (bicyclic) bond motifs is 1. The van der Waals surface area contributed by atoms with Crippen LogP contribution in [0.4, 0.5) is 5.69 Å². The number of carbonyl (C=O) groups is 1. The lowest BCUT2D eigenvalue weighted by Gasteiger charge is -2.10. The van der Waals surface area contributed by atoms with Gasteiger partial charge < -0.3 is 14.5 Å². The molecule has 7 nitrogen and oxygen atoms in total. The number of carbonyl (C=O) groups excluding carboxylic acids is 1. The summed E-state index contributed by atoms with van der Waals surface area (Å²) in [6.07, 6.45) is 0. The maximum absolute atomic E-state index is 12.8. The van der Waals surface area contributed by atoms with Crippen LogP contribution in [0, 0.1) is 6.92 Å². The maximum atomic E-state index is 12.8. The molecule has 0 spiro atoms. The van der Waals surface area contributed by atoms with Crippen molar-refractivity contribution in [2.75, 3.05) is 18.9 Å². The van der Waals surface area contributed by atoms with Gasteiger partial charge in [0, 0.05) is 10.9 Å². The minimum Gasteiger partial charge on any atom is -0.497 e. The fraction of sp³-hybridized carbons (Fsp3) is 0.167. The van der Waals surface area contributed by atoms with Crippen molar-refractivity contribution in [2.45, 2.75) is 11.8 Å². The number of aromatic nitrogens is 1. The molecule has 0 atom stereocenters. The number of benzene rings is 2. The second-order valence-corrected chi connectivity index (χ2v) is 7.38. The van der Waals surface area contributed by atoms with Crippen molar-refractivity contribution >= 4 is 32.6 Å². The molecule has 0 saturated carbocycles. The zero-order valence-corrected chi connectivity index (χ0v) is 15.3. The largest absolute Gasteiger partial charge is 0.497 e. The lowest BCUT2D eigenvalue weighted by atomic mass is 10.1. The quantitative estimate of drug-likeness (QED) is 0.669. The molecule has 0 aliphatic carbocycles. The van der Waals surface area contributed by atoms with E-state index in [1.165, 1.54) is 26.4 Å². The van der Waals surface area contributed by atoms with Crippen LogP contribution in [0.25, 0.3) is 10.9 Å². The average molecular weight is 374 g/mol. The van der Waals surface area contributed by atoms with E-state index in [1.807, 2.05) is 13.0 Å². The fourth-order valence-electron chi connectivity index (χ4n) is 2.62. The number of hydrogen-bond acceptors (Lipinski definition) is 5. The number of H-pyrrole nitrogens is 1. The Morgan fingerprint density at radius 2 is 1.77 bits per heavy atom. The van der Waals surface area contributed by atoms with E-state index in [4.69, 9.17) is 9.47 Å². The highest BCUT2D eigenvalue weighted by molar-refractivity contribution is 7.92. The summed E-state index contributed by atoms with van der Waals surface area (Å²) in [6, 6.07) is 11.4. The molecular weight excluding hydrogens is 356 g/mol. The number of nitrogens with one attached hydrogen (secondary N) is 2. The number of ether oxygens (including phenoxy) is 2. The Morgan fingerprint density at radius 1 is 1.08 bits per heavy atom. The van der Waals surface area contributed by atoms with Gasteiger partial charge in [-0.1, -0.05) is 11.6 Å². The van der Waals surface area contributed by atoms with Gasteiger partial charge in [0.2, 0.25) is 0 Å². The number of rotatable bonds is 5. The van der Waals surface area contributed by atoms with E-state index >= 15 is 0 Å². The second kappa shape index (κ2) is 6.72. The molecule has 0 aliphatic heterocycles. The zero-order valence-electron chi connectivity index (χ0n) is 14.5. The first kappa shape index (κ1) is 17.8. The molecule has 0 bridgehead atoms. The van der Waals surface area contributed by atoms with Crippen molar-refractivity contribution in [2.24, 2.45) is 0 Å². The smallest absolute Gasteiger partial charge is 0.356 e. The highest BCUT2D eigenvalue weighted by atomic mass is 32.2. The molecule has 1 heterocycles. The number of aromatic amines is 1. The van der Waals surface area contributed by atoms with Gasteiger partial charge in [-0.15, -0.1) is 0 Å². The van der Waals surface area contributed by atoms with Crippen LogP contribution in [0.3, 0.4) is 0 Å². The second-order valence-electron chi connectivity index (χ2n) is 5.70. The normalized spacial score (nSPS) is 11.3. The molecule has 2 aromatic carbocycles. The molecule has 1 aromatic heterocycles. The van der Waals surface area contributed by atoms with Crippen LogP contribution in [0.5, 0.6) is 5.75 Å². The minimum atomic E-state index is -3.91. The molecule has 0 radical (unpaired) electrons. The fourth-order valence-corrected chi connectivity index (χ4v) is 3.71. The number of hydrogen-bond donors (Lipinski definition) is 2. The van der Waals surface area contributed by atoms with E-state index in [9.17, 15) is 13.2 Å². The molecular formula is C18H18N2O5S. The van der Waals surface area contributed by atoms with Gasteiger partial charge in [0.05, 0.1) is 24.8 Å². The van der Waals surface area contributed by atoms with Gasteiger partial charge in [-0.05, 0) is 43.3 Å². The lowest BCUT2D eigenvalue weighted by molar-refractivity contribution is 0.0596. The van der Waals surface area contributed by atoms with Crippen molar-refractivity contribution in [3.63, 3.8) is 0 Å². The summed E-state index contributed by atoms with van der Waals surface area (Å²) in [5, 5.41) is 0.586. The van der Waals surface area contributed by atoms with Crippen molar-refractivity contribution in [3.8, 4) is 5.75 Å². The highest BCUT2D eigenvalue weighted by Crippen LogP contribution is 2.31. The summed E-state index contributed by atoms with van der Waals surface area (Å²) in [6.45, 7) is 1.88. The molecule has 136 valence electrons. The SMILES string of the molecule is COC(=O)c1[nH]c2ccc(C)cc2c1NS(=O)(=O)c1ccc(OC)cc1. The first-order chi connectivity index (χ1) is 12.4. The Morgan fingerprint density at radius 3 is 2.38 bits per heavy atom. The summed E-state index contributed by atoms with van der Waals surface area (Å²) < 4.78 is 37.9. The molecule has 2 N–H and O–H groups in total. The van der Waals surface area contributed by atoms with E-state index in [-0.39, 0.29) is 16.3 Å². The topological polar surface area (TPSA) is 97.5 Å². The molecule has 0 unspecified atom stereocenters. The van der Waals surface area contributed by atoms with Crippen molar-refractivity contribution in [3.05, 3.63) is 53.7 Å². The van der Waals surface area contributed by atoms with Gasteiger partial charge in [-0.2, -0.15) is 0 Å². The van der Waals surface area contributed by atoms with Gasteiger partial charge in [-0.25, -0.2) is 13.2 Å². The summed E-state index contributed by atoms with van der Waals surface area (Å²) in [4.78, 5) is 15.1. The van der Waals surface area contributed by atoms with Crippen molar-refractivity contribution in [1.82, 2.24) is 4.98 Å². The number of sulfonamides is 1. The third-order valence-corrected chi connectivity index (χ3v) is 5.32. The molecule has 0 saturated heterocycles. The van der Waals surface area contributed by atoms with Crippen LogP contribution in [-0.2, 0) is 14.8 Å². The number of methoxy groups -OCH3 is 2. The standard InChI is InChI=1S/C18H18N2O5S/c1-11-4-9-15-14(10-11)16(17(19-15)18(21)25-3)20-26(22,23)13-7-5-12(24-2)6-8-13/h4-10,19-20H,1-3H3. The summed E-state index contributed by atoms with van der Waals surface area (Å²) in [7, 11) is -1.17. The van der Waals surface area contributed by atoms with Crippen LogP contribution >= 0.6 is 0 Å². The summed E-state index contributed by atoms with van der Waals surface area (Å²) >= 11 is 0. The zero-order chi connectivity index (χ0) is 18.9. The Balaban J connectivity index is 2.11. The maximum Gasteiger partial charge on any atom is 0.356 e. The Kier molecular flexibility index (Phi) is 4.60. The number of esters is 1. The van der Waals surface area contributed by atoms with Crippen LogP contribution in [-0.4, -0.2) is 33.6 Å². The molecule has 8 heteroatoms. The molecule has 3 aromatic rings. The van der Waals surface area contributed by atoms with Gasteiger partial charge in [-0.3, -0.25) is 4.72 Å². The summed E-state index contributed by atoms with van der Waals surface area (Å²) in [5.41, 5.74) is 1.76. The molecule has 26 heavy (non-hydrogen) atoms. The molecule has 0 amide bonds. The molecule has 0 aliphatic rings. The Bertz CT molecular complexity index is 1070. The van der Waals surface area contributed by atoms with Crippen LogP contribution in [0.15, 0.2) is 47.4 Å². The van der Waals surface area contributed by atoms with Crippen LogP contribution in [0.2, 0.25) is 0 Å². The predicted molar refractivity (Wildman–Crippen MR) is 98.2 cm³/mol.